The second-order valence-corrected chi connectivity index (χ2v) is 6.95. The van der Waals surface area contributed by atoms with Gasteiger partial charge in [-0.3, -0.25) is 0 Å². The first-order chi connectivity index (χ1) is 10.7. The molecule has 1 amide bonds. The number of hydrogen-bond acceptors (Lipinski definition) is 4. The van der Waals surface area contributed by atoms with Crippen LogP contribution in [0.2, 0.25) is 5.02 Å². The van der Waals surface area contributed by atoms with Gasteiger partial charge in [0.25, 0.3) is 0 Å². The maximum absolute atomic E-state index is 12.1. The highest BCUT2D eigenvalue weighted by Gasteiger charge is 2.21. The molecule has 2 unspecified atom stereocenters. The van der Waals surface area contributed by atoms with Gasteiger partial charge in [-0.25, -0.2) is 4.79 Å². The Balaban J connectivity index is 2.78. The maximum atomic E-state index is 12.1. The number of benzene rings is 1. The number of alkyl carbamates (subject to hydrolysis) is 1. The average Bonchev–Trinajstić information content (AvgIpc) is 2.41. The minimum Gasteiger partial charge on any atom is -0.444 e. The van der Waals surface area contributed by atoms with Crippen molar-refractivity contribution in [3.05, 3.63) is 34.9 Å². The monoisotopic (exact) mass is 342 g/mol. The number of carbonyl (C=O) groups is 1. The number of halogens is 1. The Hall–Kier alpha value is -1.30. The molecule has 0 fully saturated rings. The van der Waals surface area contributed by atoms with Crippen molar-refractivity contribution < 1.29 is 14.3 Å². The molecule has 1 rings (SSSR count). The molecule has 2 N–H and O–H groups in total. The largest absolute Gasteiger partial charge is 0.444 e. The summed E-state index contributed by atoms with van der Waals surface area (Å²) in [5, 5.41) is 6.85. The van der Waals surface area contributed by atoms with Crippen molar-refractivity contribution in [3.8, 4) is 0 Å². The molecule has 6 heteroatoms. The van der Waals surface area contributed by atoms with Gasteiger partial charge in [0.2, 0.25) is 0 Å². The third-order valence-electron chi connectivity index (χ3n) is 3.03. The van der Waals surface area contributed by atoms with Gasteiger partial charge in [0.05, 0.1) is 12.6 Å². The lowest BCUT2D eigenvalue weighted by atomic mass is 10.1. The molecular weight excluding hydrogens is 316 g/mol. The molecule has 0 aromatic heterocycles. The van der Waals surface area contributed by atoms with Gasteiger partial charge in [-0.15, -0.1) is 0 Å². The fourth-order valence-corrected chi connectivity index (χ4v) is 2.25. The van der Waals surface area contributed by atoms with Gasteiger partial charge in [0.15, 0.2) is 0 Å². The zero-order chi connectivity index (χ0) is 17.5. The maximum Gasteiger partial charge on any atom is 0.408 e. The Morgan fingerprint density at radius 1 is 1.35 bits per heavy atom. The fourth-order valence-electron chi connectivity index (χ4n) is 2.05. The summed E-state index contributed by atoms with van der Waals surface area (Å²) in [4.78, 5) is 12.1. The van der Waals surface area contributed by atoms with E-state index in [0.717, 1.165) is 5.56 Å². The summed E-state index contributed by atoms with van der Waals surface area (Å²) < 4.78 is 10.5. The quantitative estimate of drug-likeness (QED) is 0.795. The highest BCUT2D eigenvalue weighted by molar-refractivity contribution is 6.30. The lowest BCUT2D eigenvalue weighted by molar-refractivity contribution is 0.0501. The Labute approximate surface area is 143 Å². The van der Waals surface area contributed by atoms with Crippen LogP contribution in [-0.2, 0) is 9.47 Å². The van der Waals surface area contributed by atoms with Crippen molar-refractivity contribution in [3.63, 3.8) is 0 Å². The van der Waals surface area contributed by atoms with Crippen LogP contribution in [0.15, 0.2) is 24.3 Å². The summed E-state index contributed by atoms with van der Waals surface area (Å²) in [6.07, 6.45) is -0.455. The molecule has 130 valence electrons. The van der Waals surface area contributed by atoms with E-state index in [9.17, 15) is 4.79 Å². The highest BCUT2D eigenvalue weighted by atomic mass is 35.5. The standard InChI is InChI=1S/C17H27ClN2O3/c1-12(11-22-5)19-10-15(13-7-6-8-14(18)9-13)20-16(21)23-17(2,3)4/h6-9,12,15,19H,10-11H2,1-5H3,(H,20,21). The SMILES string of the molecule is COCC(C)NCC(NC(=O)OC(C)(C)C)c1cccc(Cl)c1. The Morgan fingerprint density at radius 3 is 2.61 bits per heavy atom. The fraction of sp³-hybridized carbons (Fsp3) is 0.588. The summed E-state index contributed by atoms with van der Waals surface area (Å²) in [6, 6.07) is 7.35. The number of carbonyl (C=O) groups excluding carboxylic acids is 1. The second kappa shape index (κ2) is 9.11. The van der Waals surface area contributed by atoms with E-state index in [1.807, 2.05) is 45.9 Å². The van der Waals surface area contributed by atoms with E-state index in [-0.39, 0.29) is 12.1 Å². The topological polar surface area (TPSA) is 59.6 Å². The average molecular weight is 343 g/mol. The predicted octanol–water partition coefficient (Wildman–Crippen LogP) is 3.53. The van der Waals surface area contributed by atoms with Crippen LogP contribution < -0.4 is 10.6 Å². The Bertz CT molecular complexity index is 503. The van der Waals surface area contributed by atoms with Gasteiger partial charge in [0.1, 0.15) is 5.60 Å². The summed E-state index contributed by atoms with van der Waals surface area (Å²) in [5.41, 5.74) is 0.375. The summed E-state index contributed by atoms with van der Waals surface area (Å²) in [5.74, 6) is 0. The normalized spacial score (nSPS) is 14.2. The molecule has 0 aliphatic rings. The molecule has 0 saturated heterocycles. The first-order valence-corrected chi connectivity index (χ1v) is 8.06. The number of hydrogen-bond donors (Lipinski definition) is 2. The molecular formula is C17H27ClN2O3. The summed E-state index contributed by atoms with van der Waals surface area (Å²) in [6.45, 7) is 8.66. The van der Waals surface area contributed by atoms with E-state index in [2.05, 4.69) is 10.6 Å². The van der Waals surface area contributed by atoms with E-state index in [1.54, 1.807) is 13.2 Å². The lowest BCUT2D eigenvalue weighted by Crippen LogP contribution is -2.42. The minimum atomic E-state index is -0.542. The number of nitrogens with one attached hydrogen (secondary N) is 2. The number of methoxy groups -OCH3 is 1. The molecule has 0 aliphatic heterocycles. The number of rotatable bonds is 7. The first kappa shape index (κ1) is 19.7. The van der Waals surface area contributed by atoms with E-state index in [4.69, 9.17) is 21.1 Å². The summed E-state index contributed by atoms with van der Waals surface area (Å²) in [7, 11) is 1.66. The molecule has 1 aromatic rings. The van der Waals surface area contributed by atoms with Crippen LogP contribution in [0.5, 0.6) is 0 Å². The van der Waals surface area contributed by atoms with Crippen molar-refractivity contribution in [1.82, 2.24) is 10.6 Å². The third-order valence-corrected chi connectivity index (χ3v) is 3.26. The van der Waals surface area contributed by atoms with Crippen LogP contribution in [0, 0.1) is 0 Å². The molecule has 0 aliphatic carbocycles. The van der Waals surface area contributed by atoms with Crippen molar-refractivity contribution in [2.75, 3.05) is 20.3 Å². The van der Waals surface area contributed by atoms with Crippen LogP contribution in [0.3, 0.4) is 0 Å². The van der Waals surface area contributed by atoms with Gasteiger partial charge < -0.3 is 20.1 Å². The molecule has 1 aromatic carbocycles. The molecule has 0 saturated carbocycles. The Kier molecular flexibility index (Phi) is 7.82. The van der Waals surface area contributed by atoms with E-state index >= 15 is 0 Å². The molecule has 0 spiro atoms. The molecule has 23 heavy (non-hydrogen) atoms. The van der Waals surface area contributed by atoms with E-state index < -0.39 is 11.7 Å². The van der Waals surface area contributed by atoms with Gasteiger partial charge in [-0.05, 0) is 45.4 Å². The Morgan fingerprint density at radius 2 is 2.04 bits per heavy atom. The van der Waals surface area contributed by atoms with Crippen LogP contribution in [0.25, 0.3) is 0 Å². The van der Waals surface area contributed by atoms with Crippen LogP contribution in [-0.4, -0.2) is 38.0 Å². The van der Waals surface area contributed by atoms with Crippen molar-refractivity contribution in [1.29, 1.82) is 0 Å². The minimum absolute atomic E-state index is 0.169. The van der Waals surface area contributed by atoms with E-state index in [0.29, 0.717) is 18.2 Å². The van der Waals surface area contributed by atoms with Crippen molar-refractivity contribution in [2.45, 2.75) is 45.4 Å². The third kappa shape index (κ3) is 8.21. The molecule has 5 nitrogen and oxygen atoms in total. The number of amides is 1. The van der Waals surface area contributed by atoms with E-state index in [1.165, 1.54) is 0 Å². The molecule has 0 bridgehead atoms. The van der Waals surface area contributed by atoms with Crippen molar-refractivity contribution >= 4 is 17.7 Å². The highest BCUT2D eigenvalue weighted by Crippen LogP contribution is 2.18. The molecule has 0 heterocycles. The van der Waals surface area contributed by atoms with Gasteiger partial charge >= 0.3 is 6.09 Å². The van der Waals surface area contributed by atoms with Crippen molar-refractivity contribution in [2.24, 2.45) is 0 Å². The zero-order valence-corrected chi connectivity index (χ0v) is 15.2. The number of ether oxygens (including phenoxy) is 2. The first-order valence-electron chi connectivity index (χ1n) is 7.68. The molecule has 0 radical (unpaired) electrons. The predicted molar refractivity (Wildman–Crippen MR) is 92.9 cm³/mol. The van der Waals surface area contributed by atoms with Gasteiger partial charge in [0, 0.05) is 24.7 Å². The second-order valence-electron chi connectivity index (χ2n) is 6.52. The zero-order valence-electron chi connectivity index (χ0n) is 14.5. The smallest absolute Gasteiger partial charge is 0.408 e. The van der Waals surface area contributed by atoms with Crippen LogP contribution >= 0.6 is 11.6 Å². The van der Waals surface area contributed by atoms with Gasteiger partial charge in [-0.1, -0.05) is 23.7 Å². The summed E-state index contributed by atoms with van der Waals surface area (Å²) >= 11 is 6.06. The van der Waals surface area contributed by atoms with Crippen LogP contribution in [0.4, 0.5) is 4.79 Å². The van der Waals surface area contributed by atoms with Gasteiger partial charge in [-0.2, -0.15) is 0 Å². The lowest BCUT2D eigenvalue weighted by Gasteiger charge is -2.25. The molecule has 2 atom stereocenters. The van der Waals surface area contributed by atoms with Crippen LogP contribution in [0.1, 0.15) is 39.3 Å².